The van der Waals surface area contributed by atoms with E-state index in [0.29, 0.717) is 27.5 Å². The average Bonchev–Trinajstić information content (AvgIpc) is 2.92. The summed E-state index contributed by atoms with van der Waals surface area (Å²) in [4.78, 5) is 28.1. The van der Waals surface area contributed by atoms with Crippen LogP contribution in [0.3, 0.4) is 0 Å². The minimum absolute atomic E-state index is 0.331. The standard InChI is InChI=1S/C22H16FNO2S/c1-2-27-20-19(15-10-12-16(23)13-11-15)21(25)24(22(20)26)18-9-5-7-14-6-3-4-8-17(14)18/h3-13H,2H2,1H3. The summed E-state index contributed by atoms with van der Waals surface area (Å²) in [5.41, 5.74) is 1.45. The maximum Gasteiger partial charge on any atom is 0.272 e. The summed E-state index contributed by atoms with van der Waals surface area (Å²) in [5.74, 6) is -0.434. The number of fused-ring (bicyclic) bond motifs is 1. The van der Waals surface area contributed by atoms with Crippen molar-refractivity contribution in [3.63, 3.8) is 0 Å². The van der Waals surface area contributed by atoms with E-state index >= 15 is 0 Å². The Hall–Kier alpha value is -2.92. The van der Waals surface area contributed by atoms with Gasteiger partial charge >= 0.3 is 0 Å². The Kier molecular flexibility index (Phi) is 4.54. The van der Waals surface area contributed by atoms with Crippen molar-refractivity contribution < 1.29 is 14.0 Å². The zero-order valence-electron chi connectivity index (χ0n) is 14.6. The van der Waals surface area contributed by atoms with Gasteiger partial charge in [-0.15, -0.1) is 11.8 Å². The molecule has 0 N–H and O–H groups in total. The number of carbonyl (C=O) groups excluding carboxylic acids is 2. The molecule has 134 valence electrons. The normalized spacial score (nSPS) is 14.5. The number of amides is 2. The Bertz CT molecular complexity index is 1080. The van der Waals surface area contributed by atoms with Gasteiger partial charge in [0.05, 0.1) is 16.2 Å². The van der Waals surface area contributed by atoms with Crippen LogP contribution in [0.15, 0.2) is 71.6 Å². The van der Waals surface area contributed by atoms with Crippen LogP contribution in [0.1, 0.15) is 12.5 Å². The molecule has 0 spiro atoms. The number of rotatable bonds is 4. The zero-order valence-corrected chi connectivity index (χ0v) is 15.4. The molecule has 0 atom stereocenters. The molecule has 0 saturated heterocycles. The van der Waals surface area contributed by atoms with E-state index in [-0.39, 0.29) is 17.6 Å². The van der Waals surface area contributed by atoms with Gasteiger partial charge in [0.1, 0.15) is 5.82 Å². The maximum absolute atomic E-state index is 13.3. The molecule has 27 heavy (non-hydrogen) atoms. The molecule has 5 heteroatoms. The lowest BCUT2D eigenvalue weighted by molar-refractivity contribution is -0.119. The van der Waals surface area contributed by atoms with E-state index in [1.807, 2.05) is 43.3 Å². The molecule has 3 aromatic rings. The second kappa shape index (κ2) is 7.00. The number of imide groups is 1. The fraction of sp³-hybridized carbons (Fsp3) is 0.0909. The van der Waals surface area contributed by atoms with Crippen LogP contribution in [-0.4, -0.2) is 17.6 Å². The Morgan fingerprint density at radius 3 is 2.33 bits per heavy atom. The van der Waals surface area contributed by atoms with Gasteiger partial charge in [0, 0.05) is 5.39 Å². The summed E-state index contributed by atoms with van der Waals surface area (Å²) in [6, 6.07) is 18.9. The molecule has 0 fully saturated rings. The average molecular weight is 377 g/mol. The summed E-state index contributed by atoms with van der Waals surface area (Å²) in [7, 11) is 0. The number of anilines is 1. The van der Waals surface area contributed by atoms with E-state index in [9.17, 15) is 14.0 Å². The third kappa shape index (κ3) is 2.94. The van der Waals surface area contributed by atoms with Crippen LogP contribution in [0.25, 0.3) is 16.3 Å². The third-order valence-corrected chi connectivity index (χ3v) is 5.43. The van der Waals surface area contributed by atoms with Gasteiger partial charge in [0.2, 0.25) is 0 Å². The van der Waals surface area contributed by atoms with Crippen molar-refractivity contribution in [2.45, 2.75) is 6.92 Å². The smallest absolute Gasteiger partial charge is 0.268 e. The first kappa shape index (κ1) is 17.5. The van der Waals surface area contributed by atoms with Crippen molar-refractivity contribution in [3.05, 3.63) is 83.0 Å². The molecule has 3 nitrogen and oxygen atoms in total. The minimum Gasteiger partial charge on any atom is -0.268 e. The minimum atomic E-state index is -0.383. The van der Waals surface area contributed by atoms with Gasteiger partial charge in [-0.05, 0) is 34.9 Å². The van der Waals surface area contributed by atoms with Crippen molar-refractivity contribution >= 4 is 45.6 Å². The third-order valence-electron chi connectivity index (χ3n) is 4.47. The molecule has 1 aliphatic heterocycles. The number of halogens is 1. The largest absolute Gasteiger partial charge is 0.272 e. The number of nitrogens with zero attached hydrogens (tertiary/aromatic N) is 1. The van der Waals surface area contributed by atoms with E-state index in [0.717, 1.165) is 10.8 Å². The maximum atomic E-state index is 13.3. The van der Waals surface area contributed by atoms with Crippen molar-refractivity contribution in [2.75, 3.05) is 10.7 Å². The molecule has 1 heterocycles. The predicted octanol–water partition coefficient (Wildman–Crippen LogP) is 5.02. The monoisotopic (exact) mass is 377 g/mol. The van der Waals surface area contributed by atoms with Gasteiger partial charge in [0.25, 0.3) is 11.8 Å². The van der Waals surface area contributed by atoms with E-state index in [4.69, 9.17) is 0 Å². The van der Waals surface area contributed by atoms with Crippen molar-refractivity contribution in [3.8, 4) is 0 Å². The summed E-state index contributed by atoms with van der Waals surface area (Å²) >= 11 is 1.34. The lowest BCUT2D eigenvalue weighted by atomic mass is 10.1. The lowest BCUT2D eigenvalue weighted by Gasteiger charge is -2.17. The van der Waals surface area contributed by atoms with Crippen LogP contribution in [0.5, 0.6) is 0 Å². The highest BCUT2D eigenvalue weighted by atomic mass is 32.2. The van der Waals surface area contributed by atoms with Crippen molar-refractivity contribution in [2.24, 2.45) is 0 Å². The molecular formula is C22H16FNO2S. The van der Waals surface area contributed by atoms with Crippen molar-refractivity contribution in [1.82, 2.24) is 0 Å². The highest BCUT2D eigenvalue weighted by molar-refractivity contribution is 8.04. The SMILES string of the molecule is CCSC1=C(c2ccc(F)cc2)C(=O)N(c2cccc3ccccc23)C1=O. The van der Waals surface area contributed by atoms with E-state index in [1.165, 1.54) is 28.8 Å². The van der Waals surface area contributed by atoms with Gasteiger partial charge in [-0.3, -0.25) is 9.59 Å². The number of thioether (sulfide) groups is 1. The first-order chi connectivity index (χ1) is 13.1. The van der Waals surface area contributed by atoms with Gasteiger partial charge in [-0.2, -0.15) is 0 Å². The highest BCUT2D eigenvalue weighted by Crippen LogP contribution is 2.40. The second-order valence-corrected chi connectivity index (χ2v) is 7.36. The molecule has 0 radical (unpaired) electrons. The molecule has 0 unspecified atom stereocenters. The fourth-order valence-electron chi connectivity index (χ4n) is 3.28. The molecular weight excluding hydrogens is 361 g/mol. The van der Waals surface area contributed by atoms with E-state index in [2.05, 4.69) is 0 Å². The first-order valence-corrected chi connectivity index (χ1v) is 9.60. The summed E-state index contributed by atoms with van der Waals surface area (Å²) in [5, 5.41) is 1.79. The zero-order chi connectivity index (χ0) is 19.0. The van der Waals surface area contributed by atoms with Crippen LogP contribution in [0.2, 0.25) is 0 Å². The first-order valence-electron chi connectivity index (χ1n) is 8.61. The number of benzene rings is 3. The predicted molar refractivity (Wildman–Crippen MR) is 108 cm³/mol. The Balaban J connectivity index is 1.87. The molecule has 3 aromatic carbocycles. The van der Waals surface area contributed by atoms with Crippen LogP contribution < -0.4 is 4.90 Å². The fourth-order valence-corrected chi connectivity index (χ4v) is 4.13. The summed E-state index contributed by atoms with van der Waals surface area (Å²) < 4.78 is 13.3. The Labute approximate surface area is 160 Å². The summed E-state index contributed by atoms with van der Waals surface area (Å²) in [6.07, 6.45) is 0. The van der Waals surface area contributed by atoms with Crippen LogP contribution in [-0.2, 0) is 9.59 Å². The van der Waals surface area contributed by atoms with Crippen LogP contribution in [0, 0.1) is 5.82 Å². The number of hydrogen-bond acceptors (Lipinski definition) is 3. The topological polar surface area (TPSA) is 37.4 Å². The van der Waals surface area contributed by atoms with Gasteiger partial charge in [-0.25, -0.2) is 9.29 Å². The van der Waals surface area contributed by atoms with E-state index in [1.54, 1.807) is 18.2 Å². The summed E-state index contributed by atoms with van der Waals surface area (Å²) in [6.45, 7) is 1.93. The van der Waals surface area contributed by atoms with Gasteiger partial charge < -0.3 is 0 Å². The quantitative estimate of drug-likeness (QED) is 0.600. The number of hydrogen-bond donors (Lipinski definition) is 0. The molecule has 0 aromatic heterocycles. The lowest BCUT2D eigenvalue weighted by Crippen LogP contribution is -2.31. The molecule has 4 rings (SSSR count). The Morgan fingerprint density at radius 1 is 0.889 bits per heavy atom. The van der Waals surface area contributed by atoms with Gasteiger partial charge in [0.15, 0.2) is 0 Å². The molecule has 0 saturated carbocycles. The van der Waals surface area contributed by atoms with E-state index < -0.39 is 0 Å². The highest BCUT2D eigenvalue weighted by Gasteiger charge is 2.40. The number of carbonyl (C=O) groups is 2. The molecule has 0 aliphatic carbocycles. The Morgan fingerprint density at radius 2 is 1.59 bits per heavy atom. The second-order valence-electron chi connectivity index (χ2n) is 6.09. The van der Waals surface area contributed by atoms with Crippen LogP contribution in [0.4, 0.5) is 10.1 Å². The molecule has 1 aliphatic rings. The van der Waals surface area contributed by atoms with Gasteiger partial charge in [-0.1, -0.05) is 55.5 Å². The molecule has 2 amide bonds. The molecule has 0 bridgehead atoms. The van der Waals surface area contributed by atoms with Crippen molar-refractivity contribution in [1.29, 1.82) is 0 Å². The van der Waals surface area contributed by atoms with Crippen LogP contribution >= 0.6 is 11.8 Å².